The molecule has 7 heteroatoms. The number of methoxy groups -OCH3 is 1. The Labute approximate surface area is 156 Å². The molecule has 0 aliphatic rings. The molecule has 0 saturated heterocycles. The van der Waals surface area contributed by atoms with Crippen molar-refractivity contribution in [3.63, 3.8) is 0 Å². The van der Waals surface area contributed by atoms with Gasteiger partial charge in [0, 0.05) is 31.4 Å². The number of hydrogen-bond donors (Lipinski definition) is 2. The Morgan fingerprint density at radius 3 is 2.31 bits per heavy atom. The van der Waals surface area contributed by atoms with E-state index in [2.05, 4.69) is 5.32 Å². The number of carbonyl (C=O) groups excluding carboxylic acids is 1. The molecule has 2 aromatic rings. The van der Waals surface area contributed by atoms with Crippen LogP contribution < -0.4 is 15.8 Å². The minimum atomic E-state index is -1.35. The van der Waals surface area contributed by atoms with Gasteiger partial charge in [-0.25, -0.2) is 8.51 Å². The lowest BCUT2D eigenvalue weighted by molar-refractivity contribution is -0.116. The highest BCUT2D eigenvalue weighted by Gasteiger charge is 2.17. The van der Waals surface area contributed by atoms with Gasteiger partial charge in [-0.05, 0) is 61.4 Å². The minimum absolute atomic E-state index is 0.137. The fraction of sp³-hybridized carbons (Fsp3) is 0.316. The van der Waals surface area contributed by atoms with Gasteiger partial charge < -0.3 is 15.8 Å². The second-order valence-corrected chi connectivity index (χ2v) is 7.64. The Morgan fingerprint density at radius 1 is 1.19 bits per heavy atom. The topological polar surface area (TPSA) is 84.7 Å². The highest BCUT2D eigenvalue weighted by molar-refractivity contribution is 7.82. The van der Waals surface area contributed by atoms with E-state index >= 15 is 0 Å². The molecule has 3 N–H and O–H groups in total. The van der Waals surface area contributed by atoms with Gasteiger partial charge >= 0.3 is 0 Å². The lowest BCUT2D eigenvalue weighted by atomic mass is 10.1. The first-order chi connectivity index (χ1) is 12.3. The molecule has 0 aromatic heterocycles. The van der Waals surface area contributed by atoms with Crippen LogP contribution in [0.2, 0.25) is 0 Å². The summed E-state index contributed by atoms with van der Waals surface area (Å²) in [4.78, 5) is 12.9. The molecule has 1 amide bonds. The van der Waals surface area contributed by atoms with Gasteiger partial charge in [-0.1, -0.05) is 0 Å². The Bertz CT molecular complexity index is 783. The van der Waals surface area contributed by atoms with Gasteiger partial charge in [0.1, 0.15) is 16.7 Å². The predicted octanol–water partition coefficient (Wildman–Crippen LogP) is 2.88. The molecular formula is C19H25N3O3S. The molecule has 1 unspecified atom stereocenters. The summed E-state index contributed by atoms with van der Waals surface area (Å²) in [6.45, 7) is 4.19. The van der Waals surface area contributed by atoms with E-state index < -0.39 is 11.0 Å². The van der Waals surface area contributed by atoms with Crippen LogP contribution in [0.4, 0.5) is 11.4 Å². The number of nitrogen functional groups attached to an aromatic ring is 1. The zero-order valence-corrected chi connectivity index (χ0v) is 16.4. The molecule has 0 fully saturated rings. The molecule has 0 heterocycles. The van der Waals surface area contributed by atoms with Crippen LogP contribution in [0.1, 0.15) is 17.5 Å². The molecule has 6 nitrogen and oxygen atoms in total. The summed E-state index contributed by atoms with van der Waals surface area (Å²) >= 11 is 0. The first kappa shape index (κ1) is 19.9. The monoisotopic (exact) mass is 375 g/mol. The summed E-state index contributed by atoms with van der Waals surface area (Å²) in [6.07, 6.45) is 0.237. The Balaban J connectivity index is 1.97. The molecule has 140 valence electrons. The van der Waals surface area contributed by atoms with Gasteiger partial charge in [0.25, 0.3) is 0 Å². The molecule has 2 rings (SSSR count). The Morgan fingerprint density at radius 2 is 1.77 bits per heavy atom. The molecular weight excluding hydrogens is 350 g/mol. The number of nitrogens with one attached hydrogen (secondary N) is 1. The lowest BCUT2D eigenvalue weighted by Crippen LogP contribution is -2.27. The first-order valence-corrected chi connectivity index (χ1v) is 9.36. The summed E-state index contributed by atoms with van der Waals surface area (Å²) in [7, 11) is 2.01. The maximum absolute atomic E-state index is 12.8. The second kappa shape index (κ2) is 8.82. The highest BCUT2D eigenvalue weighted by atomic mass is 32.2. The van der Waals surface area contributed by atoms with Crippen LogP contribution in [-0.2, 0) is 15.8 Å². The maximum atomic E-state index is 12.8. The van der Waals surface area contributed by atoms with Crippen LogP contribution in [0.25, 0.3) is 0 Å². The molecule has 0 saturated carbocycles. The molecule has 0 aliphatic carbocycles. The number of benzene rings is 2. The van der Waals surface area contributed by atoms with E-state index in [0.29, 0.717) is 17.9 Å². The molecule has 2 aromatic carbocycles. The zero-order chi connectivity index (χ0) is 19.3. The molecule has 0 bridgehead atoms. The van der Waals surface area contributed by atoms with E-state index in [9.17, 15) is 9.00 Å². The number of rotatable bonds is 7. The van der Waals surface area contributed by atoms with Gasteiger partial charge in [-0.2, -0.15) is 0 Å². The summed E-state index contributed by atoms with van der Waals surface area (Å²) in [5.41, 5.74) is 8.76. The van der Waals surface area contributed by atoms with Crippen LogP contribution in [0.5, 0.6) is 5.75 Å². The van der Waals surface area contributed by atoms with E-state index in [1.807, 2.05) is 26.0 Å². The quantitative estimate of drug-likeness (QED) is 0.729. The second-order valence-electron chi connectivity index (χ2n) is 6.11. The third-order valence-electron chi connectivity index (χ3n) is 3.98. The number of amides is 1. The molecule has 0 spiro atoms. The Hall–Kier alpha value is -2.38. The first-order valence-electron chi connectivity index (χ1n) is 8.25. The van der Waals surface area contributed by atoms with E-state index in [1.165, 1.54) is 0 Å². The Kier molecular flexibility index (Phi) is 6.76. The van der Waals surface area contributed by atoms with Gasteiger partial charge in [-0.15, -0.1) is 0 Å². The van der Waals surface area contributed by atoms with Crippen molar-refractivity contribution >= 4 is 28.3 Å². The van der Waals surface area contributed by atoms with Crippen molar-refractivity contribution in [2.24, 2.45) is 0 Å². The van der Waals surface area contributed by atoms with Crippen molar-refractivity contribution < 1.29 is 13.7 Å². The minimum Gasteiger partial charge on any atom is -0.497 e. The summed E-state index contributed by atoms with van der Waals surface area (Å²) < 4.78 is 19.8. The number of hydrogen-bond acceptors (Lipinski definition) is 4. The normalized spacial score (nSPS) is 12.0. The third-order valence-corrected chi connectivity index (χ3v) is 5.72. The number of carbonyl (C=O) groups is 1. The van der Waals surface area contributed by atoms with E-state index in [1.54, 1.807) is 42.7 Å². The summed E-state index contributed by atoms with van der Waals surface area (Å²) in [6, 6.07) is 10.7. The highest BCUT2D eigenvalue weighted by Crippen LogP contribution is 2.25. The fourth-order valence-electron chi connectivity index (χ4n) is 2.59. The van der Waals surface area contributed by atoms with Crippen LogP contribution in [-0.4, -0.2) is 35.1 Å². The van der Waals surface area contributed by atoms with E-state index in [-0.39, 0.29) is 12.3 Å². The number of nitrogens with two attached hydrogens (primary N) is 1. The van der Waals surface area contributed by atoms with Crippen molar-refractivity contribution in [2.75, 3.05) is 31.8 Å². The summed E-state index contributed by atoms with van der Waals surface area (Å²) in [5.74, 6) is 0.605. The van der Waals surface area contributed by atoms with Gasteiger partial charge in [0.2, 0.25) is 5.91 Å². The SMILES string of the molecule is COc1cc(C)c(S(=O)N(C)CCC(=O)Nc2ccc(N)cc2)c(C)c1. The standard InChI is InChI=1S/C19H25N3O3S/c1-13-11-17(25-4)12-14(2)19(13)26(24)22(3)10-9-18(23)21-16-7-5-15(20)6-8-16/h5-8,11-12H,9-10,20H2,1-4H3,(H,21,23). The van der Waals surface area contributed by atoms with Gasteiger partial charge in [-0.3, -0.25) is 4.79 Å². The summed E-state index contributed by atoms with van der Waals surface area (Å²) in [5, 5.41) is 2.80. The molecule has 0 radical (unpaired) electrons. The molecule has 0 aliphatic heterocycles. The third kappa shape index (κ3) is 5.06. The average molecular weight is 375 g/mol. The van der Waals surface area contributed by atoms with Crippen LogP contribution in [0.15, 0.2) is 41.3 Å². The van der Waals surface area contributed by atoms with Crippen LogP contribution >= 0.6 is 0 Å². The predicted molar refractivity (Wildman–Crippen MR) is 106 cm³/mol. The number of aryl methyl sites for hydroxylation is 2. The van der Waals surface area contributed by atoms with Crippen LogP contribution in [0, 0.1) is 13.8 Å². The molecule has 1 atom stereocenters. The zero-order valence-electron chi connectivity index (χ0n) is 15.5. The van der Waals surface area contributed by atoms with Crippen molar-refractivity contribution in [2.45, 2.75) is 25.2 Å². The van der Waals surface area contributed by atoms with Crippen molar-refractivity contribution in [1.82, 2.24) is 4.31 Å². The smallest absolute Gasteiger partial charge is 0.225 e. The van der Waals surface area contributed by atoms with Crippen molar-refractivity contribution in [1.29, 1.82) is 0 Å². The van der Waals surface area contributed by atoms with Crippen molar-refractivity contribution in [3.05, 3.63) is 47.5 Å². The fourth-order valence-corrected chi connectivity index (χ4v) is 3.83. The van der Waals surface area contributed by atoms with Crippen LogP contribution in [0.3, 0.4) is 0 Å². The largest absolute Gasteiger partial charge is 0.497 e. The maximum Gasteiger partial charge on any atom is 0.225 e. The van der Waals surface area contributed by atoms with E-state index in [4.69, 9.17) is 10.5 Å². The number of ether oxygens (including phenoxy) is 1. The number of anilines is 2. The average Bonchev–Trinajstić information content (AvgIpc) is 2.60. The van der Waals surface area contributed by atoms with Gasteiger partial charge in [0.05, 0.1) is 12.0 Å². The lowest BCUT2D eigenvalue weighted by Gasteiger charge is -2.19. The van der Waals surface area contributed by atoms with E-state index in [0.717, 1.165) is 21.8 Å². The van der Waals surface area contributed by atoms with Gasteiger partial charge in [0.15, 0.2) is 0 Å². The van der Waals surface area contributed by atoms with Crippen molar-refractivity contribution in [3.8, 4) is 5.75 Å². The molecule has 26 heavy (non-hydrogen) atoms. The number of nitrogens with zero attached hydrogens (tertiary/aromatic N) is 1.